The summed E-state index contributed by atoms with van der Waals surface area (Å²) in [4.78, 5) is 1.38. The molecule has 4 nitrogen and oxygen atoms in total. The molecule has 5 heteroatoms. The number of hydrogen-bond donors (Lipinski definition) is 0. The Morgan fingerprint density at radius 2 is 1.66 bits per heavy atom. The second-order valence-electron chi connectivity index (χ2n) is 8.87. The predicted molar refractivity (Wildman–Crippen MR) is 133 cm³/mol. The highest BCUT2D eigenvalue weighted by Gasteiger charge is 2.29. The van der Waals surface area contributed by atoms with Crippen molar-refractivity contribution < 1.29 is 4.74 Å². The van der Waals surface area contributed by atoms with Crippen LogP contribution in [0.5, 0.6) is 0 Å². The predicted octanol–water partition coefficient (Wildman–Crippen LogP) is 7.58. The van der Waals surface area contributed by atoms with Crippen LogP contribution < -0.4 is 0 Å². The summed E-state index contributed by atoms with van der Waals surface area (Å²) in [7, 11) is 0. The molecule has 0 spiro atoms. The summed E-state index contributed by atoms with van der Waals surface area (Å²) in [5.41, 5.74) is 2.46. The van der Waals surface area contributed by atoms with Gasteiger partial charge in [-0.25, -0.2) is 0 Å². The maximum atomic E-state index is 6.39. The van der Waals surface area contributed by atoms with Crippen LogP contribution in [-0.2, 0) is 24.2 Å². The third kappa shape index (κ3) is 5.49. The van der Waals surface area contributed by atoms with Crippen molar-refractivity contribution in [3.8, 4) is 5.00 Å². The lowest BCUT2D eigenvalue weighted by atomic mass is 10.0. The molecule has 1 aromatic carbocycles. The summed E-state index contributed by atoms with van der Waals surface area (Å²) in [5.74, 6) is 2.02. The largest absolute Gasteiger partial charge is 0.361 e. The van der Waals surface area contributed by atoms with E-state index in [4.69, 9.17) is 4.74 Å². The van der Waals surface area contributed by atoms with Gasteiger partial charge in [-0.05, 0) is 24.5 Å². The normalized spacial score (nSPS) is 15.4. The van der Waals surface area contributed by atoms with Gasteiger partial charge in [0.25, 0.3) is 0 Å². The minimum atomic E-state index is -0.0509. The van der Waals surface area contributed by atoms with Gasteiger partial charge in [0.1, 0.15) is 23.5 Å². The number of aryl methyl sites for hydroxylation is 2. The van der Waals surface area contributed by atoms with Crippen LogP contribution in [0.3, 0.4) is 0 Å². The SMILES string of the molecule is CCCCCCCCCCCc1nnc2n1-c1sc(CC)cc1C(c1ccccc1)OC2. The van der Waals surface area contributed by atoms with Crippen molar-refractivity contribution >= 4 is 11.3 Å². The van der Waals surface area contributed by atoms with Gasteiger partial charge in [0.15, 0.2) is 5.82 Å². The van der Waals surface area contributed by atoms with E-state index in [0.717, 1.165) is 24.5 Å². The number of ether oxygens (including phenoxy) is 1. The molecule has 2 aromatic heterocycles. The van der Waals surface area contributed by atoms with Crippen LogP contribution in [0.15, 0.2) is 36.4 Å². The Labute approximate surface area is 197 Å². The van der Waals surface area contributed by atoms with Crippen LogP contribution >= 0.6 is 11.3 Å². The maximum absolute atomic E-state index is 6.39. The van der Waals surface area contributed by atoms with E-state index >= 15 is 0 Å². The summed E-state index contributed by atoms with van der Waals surface area (Å²) in [5, 5.41) is 10.4. The Morgan fingerprint density at radius 1 is 0.938 bits per heavy atom. The van der Waals surface area contributed by atoms with Crippen molar-refractivity contribution in [3.63, 3.8) is 0 Å². The molecule has 0 radical (unpaired) electrons. The minimum absolute atomic E-state index is 0.0509. The maximum Gasteiger partial charge on any atom is 0.164 e. The number of unbranched alkanes of at least 4 members (excludes halogenated alkanes) is 8. The van der Waals surface area contributed by atoms with E-state index in [9.17, 15) is 0 Å². The first kappa shape index (κ1) is 23.2. The zero-order valence-corrected chi connectivity index (χ0v) is 20.5. The molecule has 0 fully saturated rings. The number of rotatable bonds is 12. The molecule has 0 saturated heterocycles. The number of nitrogens with zero attached hydrogens (tertiary/aromatic N) is 3. The molecule has 0 amide bonds. The second kappa shape index (κ2) is 11.8. The van der Waals surface area contributed by atoms with Crippen molar-refractivity contribution in [3.05, 3.63) is 64.1 Å². The molecular formula is C27H37N3OS. The van der Waals surface area contributed by atoms with Crippen molar-refractivity contribution in [2.45, 2.75) is 97.2 Å². The molecule has 1 unspecified atom stereocenters. The molecule has 4 rings (SSSR count). The van der Waals surface area contributed by atoms with Crippen LogP contribution in [0.2, 0.25) is 0 Å². The number of benzene rings is 1. The van der Waals surface area contributed by atoms with Gasteiger partial charge in [-0.15, -0.1) is 21.5 Å². The summed E-state index contributed by atoms with van der Waals surface area (Å²) >= 11 is 1.87. The average molecular weight is 452 g/mol. The smallest absolute Gasteiger partial charge is 0.164 e. The van der Waals surface area contributed by atoms with E-state index < -0.39 is 0 Å². The highest BCUT2D eigenvalue weighted by atomic mass is 32.1. The number of fused-ring (bicyclic) bond motifs is 3. The topological polar surface area (TPSA) is 39.9 Å². The fourth-order valence-electron chi connectivity index (χ4n) is 4.57. The van der Waals surface area contributed by atoms with Gasteiger partial charge in [-0.3, -0.25) is 4.57 Å². The monoisotopic (exact) mass is 451 g/mol. The lowest BCUT2D eigenvalue weighted by molar-refractivity contribution is 0.0655. The van der Waals surface area contributed by atoms with Gasteiger partial charge < -0.3 is 4.74 Å². The lowest BCUT2D eigenvalue weighted by Crippen LogP contribution is -2.05. The molecule has 3 heterocycles. The van der Waals surface area contributed by atoms with Gasteiger partial charge in [0.2, 0.25) is 0 Å². The Bertz CT molecular complexity index is 963. The third-order valence-corrected chi connectivity index (χ3v) is 7.69. The Kier molecular flexibility index (Phi) is 8.52. The number of aromatic nitrogens is 3. The van der Waals surface area contributed by atoms with E-state index in [1.165, 1.54) is 78.8 Å². The second-order valence-corrected chi connectivity index (χ2v) is 9.99. The van der Waals surface area contributed by atoms with Gasteiger partial charge in [-0.2, -0.15) is 0 Å². The summed E-state index contributed by atoms with van der Waals surface area (Å²) in [6.07, 6.45) is 14.0. The van der Waals surface area contributed by atoms with Crippen molar-refractivity contribution in [1.29, 1.82) is 0 Å². The van der Waals surface area contributed by atoms with Gasteiger partial charge >= 0.3 is 0 Å². The van der Waals surface area contributed by atoms with Gasteiger partial charge in [0.05, 0.1) is 0 Å². The quantitative estimate of drug-likeness (QED) is 0.266. The molecule has 1 atom stereocenters. The fraction of sp³-hybridized carbons (Fsp3) is 0.556. The first-order chi connectivity index (χ1) is 15.8. The highest BCUT2D eigenvalue weighted by molar-refractivity contribution is 7.14. The molecule has 0 bridgehead atoms. The first-order valence-corrected chi connectivity index (χ1v) is 13.4. The van der Waals surface area contributed by atoms with E-state index in [1.54, 1.807) is 0 Å². The van der Waals surface area contributed by atoms with Crippen molar-refractivity contribution in [2.24, 2.45) is 0 Å². The summed E-state index contributed by atoms with van der Waals surface area (Å²) in [6, 6.07) is 12.9. The Morgan fingerprint density at radius 3 is 2.38 bits per heavy atom. The number of thiophene rings is 1. The molecule has 1 aliphatic heterocycles. The van der Waals surface area contributed by atoms with Crippen LogP contribution in [0.25, 0.3) is 5.00 Å². The molecule has 0 saturated carbocycles. The Hall–Kier alpha value is -1.98. The minimum Gasteiger partial charge on any atom is -0.361 e. The van der Waals surface area contributed by atoms with Crippen LogP contribution in [0, 0.1) is 0 Å². The summed E-state index contributed by atoms with van der Waals surface area (Å²) < 4.78 is 8.69. The molecule has 1 aliphatic rings. The average Bonchev–Trinajstić information content (AvgIpc) is 3.39. The van der Waals surface area contributed by atoms with E-state index in [1.807, 2.05) is 11.3 Å². The van der Waals surface area contributed by atoms with Crippen LogP contribution in [0.1, 0.15) is 105 Å². The van der Waals surface area contributed by atoms with Crippen LogP contribution in [-0.4, -0.2) is 14.8 Å². The Balaban J connectivity index is 1.44. The van der Waals surface area contributed by atoms with Gasteiger partial charge in [0, 0.05) is 16.9 Å². The molecule has 172 valence electrons. The molecule has 0 N–H and O–H groups in total. The third-order valence-electron chi connectivity index (χ3n) is 6.41. The van der Waals surface area contributed by atoms with E-state index in [0.29, 0.717) is 6.61 Å². The van der Waals surface area contributed by atoms with E-state index in [-0.39, 0.29) is 6.10 Å². The summed E-state index contributed by atoms with van der Waals surface area (Å²) in [6.45, 7) is 4.99. The van der Waals surface area contributed by atoms with E-state index in [2.05, 4.69) is 65.0 Å². The molecular weight excluding hydrogens is 414 g/mol. The van der Waals surface area contributed by atoms with Crippen LogP contribution in [0.4, 0.5) is 0 Å². The van der Waals surface area contributed by atoms with Gasteiger partial charge in [-0.1, -0.05) is 95.5 Å². The lowest BCUT2D eigenvalue weighted by Gasteiger charge is -2.16. The molecule has 0 aliphatic carbocycles. The zero-order chi connectivity index (χ0) is 22.2. The zero-order valence-electron chi connectivity index (χ0n) is 19.7. The first-order valence-electron chi connectivity index (χ1n) is 12.5. The van der Waals surface area contributed by atoms with Crippen molar-refractivity contribution in [2.75, 3.05) is 0 Å². The fourth-order valence-corrected chi connectivity index (χ4v) is 5.74. The number of hydrogen-bond acceptors (Lipinski definition) is 4. The standard InChI is InChI=1S/C27H37N3OS/c1-3-5-6-7-8-9-10-11-15-18-24-28-29-25-20-31-26(21-16-13-12-14-17-21)23-19-22(4-2)32-27(23)30(24)25/h12-14,16-17,19,26H,3-11,15,18,20H2,1-2H3. The molecule has 32 heavy (non-hydrogen) atoms. The molecule has 3 aromatic rings. The van der Waals surface area contributed by atoms with Crippen molar-refractivity contribution in [1.82, 2.24) is 14.8 Å². The highest BCUT2D eigenvalue weighted by Crippen LogP contribution is 2.40.